The highest BCUT2D eigenvalue weighted by atomic mass is 32.2. The minimum Gasteiger partial charge on any atom is -0.480 e. The van der Waals surface area contributed by atoms with Crippen molar-refractivity contribution >= 4 is 48.1 Å². The maximum Gasteiger partial charge on any atom is 0.326 e. The van der Waals surface area contributed by atoms with E-state index >= 15 is 0 Å². The zero-order valence-corrected chi connectivity index (χ0v) is 19.6. The van der Waals surface area contributed by atoms with E-state index in [4.69, 9.17) is 5.73 Å². The lowest BCUT2D eigenvalue weighted by molar-refractivity contribution is -0.142. The Labute approximate surface area is 193 Å². The molecule has 0 bridgehead atoms. The molecule has 31 heavy (non-hydrogen) atoms. The first kappa shape index (κ1) is 27.5. The first-order valence-corrected chi connectivity index (χ1v) is 12.5. The van der Waals surface area contributed by atoms with E-state index in [1.165, 1.54) is 11.8 Å². The highest BCUT2D eigenvalue weighted by Crippen LogP contribution is 2.07. The number of aliphatic carboxylic acids is 1. The lowest BCUT2D eigenvalue weighted by Gasteiger charge is -2.24. The third kappa shape index (κ3) is 10.1. The van der Waals surface area contributed by atoms with Gasteiger partial charge in [-0.15, -0.1) is 0 Å². The fraction of sp³-hybridized carbons (Fsp3) is 0.789. The minimum atomic E-state index is -1.13. The van der Waals surface area contributed by atoms with Crippen molar-refractivity contribution < 1.29 is 24.3 Å². The first-order valence-electron chi connectivity index (χ1n) is 10.5. The number of amides is 3. The number of rotatable bonds is 15. The number of thiol groups is 1. The van der Waals surface area contributed by atoms with Crippen LogP contribution in [0.3, 0.4) is 0 Å². The van der Waals surface area contributed by atoms with E-state index in [0.717, 1.165) is 13.0 Å². The van der Waals surface area contributed by atoms with Gasteiger partial charge in [-0.2, -0.15) is 24.4 Å². The number of thioether (sulfide) groups is 1. The van der Waals surface area contributed by atoms with E-state index in [1.54, 1.807) is 0 Å². The molecule has 1 aliphatic heterocycles. The van der Waals surface area contributed by atoms with Crippen LogP contribution in [-0.2, 0) is 19.2 Å². The summed E-state index contributed by atoms with van der Waals surface area (Å²) >= 11 is 5.66. The number of nitrogens with two attached hydrogens (primary N) is 1. The second kappa shape index (κ2) is 15.3. The quantitative estimate of drug-likeness (QED) is 0.118. The first-order chi connectivity index (χ1) is 14.8. The zero-order chi connectivity index (χ0) is 23.2. The molecule has 0 saturated carbocycles. The Hall–Kier alpha value is -1.50. The summed E-state index contributed by atoms with van der Waals surface area (Å²) in [5, 5.41) is 20.3. The van der Waals surface area contributed by atoms with Gasteiger partial charge in [0.15, 0.2) is 0 Å². The fourth-order valence-corrected chi connectivity index (χ4v) is 3.90. The Morgan fingerprint density at radius 3 is 2.32 bits per heavy atom. The molecule has 7 N–H and O–H groups in total. The zero-order valence-electron chi connectivity index (χ0n) is 17.9. The Bertz CT molecular complexity index is 604. The van der Waals surface area contributed by atoms with Gasteiger partial charge in [0.2, 0.25) is 17.7 Å². The van der Waals surface area contributed by atoms with Gasteiger partial charge in [-0.3, -0.25) is 14.4 Å². The smallest absolute Gasteiger partial charge is 0.326 e. The largest absolute Gasteiger partial charge is 0.480 e. The second-order valence-electron chi connectivity index (χ2n) is 7.42. The van der Waals surface area contributed by atoms with Crippen molar-refractivity contribution in [1.29, 1.82) is 0 Å². The number of carbonyl (C=O) groups excluding carboxylic acids is 3. The summed E-state index contributed by atoms with van der Waals surface area (Å²) in [4.78, 5) is 49.3. The van der Waals surface area contributed by atoms with E-state index in [9.17, 15) is 24.3 Å². The highest BCUT2D eigenvalue weighted by molar-refractivity contribution is 7.98. The molecule has 0 radical (unpaired) electrons. The van der Waals surface area contributed by atoms with Crippen molar-refractivity contribution in [3.8, 4) is 0 Å². The van der Waals surface area contributed by atoms with E-state index in [-0.39, 0.29) is 24.1 Å². The third-order valence-electron chi connectivity index (χ3n) is 5.00. The number of unbranched alkanes of at least 4 members (excludes halogenated alkanes) is 1. The fourth-order valence-electron chi connectivity index (χ4n) is 3.17. The average molecular weight is 478 g/mol. The predicted octanol–water partition coefficient (Wildman–Crippen LogP) is -0.911. The summed E-state index contributed by atoms with van der Waals surface area (Å²) in [5.74, 6) is -1.85. The lowest BCUT2D eigenvalue weighted by atomic mass is 10.1. The number of hydrogen-bond donors (Lipinski definition) is 7. The standard InChI is InChI=1S/C19H35N5O5S2/c1-31-10-7-13(17(26)23-14(19(28)29)5-2-3-8-20)22-18(27)15(11-30)24-16(25)12-6-4-9-21-12/h12-15,21,30H,2-11,20H2,1H3,(H,22,27)(H,23,26)(H,24,25)(H,28,29). The van der Waals surface area contributed by atoms with Crippen LogP contribution < -0.4 is 27.0 Å². The average Bonchev–Trinajstić information content (AvgIpc) is 3.28. The Morgan fingerprint density at radius 2 is 1.77 bits per heavy atom. The van der Waals surface area contributed by atoms with Crippen LogP contribution in [-0.4, -0.2) is 83.8 Å². The molecule has 4 unspecified atom stereocenters. The number of nitrogens with one attached hydrogen (secondary N) is 4. The van der Waals surface area contributed by atoms with Crippen LogP contribution in [0.4, 0.5) is 0 Å². The summed E-state index contributed by atoms with van der Waals surface area (Å²) in [5.41, 5.74) is 5.44. The minimum absolute atomic E-state index is 0.0675. The number of carboxylic acids is 1. The Kier molecular flexibility index (Phi) is 13.6. The SMILES string of the molecule is CSCCC(NC(=O)C(CS)NC(=O)C1CCCN1)C(=O)NC(CCCCN)C(=O)O. The molecule has 0 aliphatic carbocycles. The molecule has 0 aromatic heterocycles. The normalized spacial score (nSPS) is 18.6. The molecule has 1 aliphatic rings. The van der Waals surface area contributed by atoms with E-state index in [2.05, 4.69) is 33.9 Å². The molecule has 10 nitrogen and oxygen atoms in total. The molecule has 1 fully saturated rings. The van der Waals surface area contributed by atoms with E-state index in [0.29, 0.717) is 38.0 Å². The second-order valence-corrected chi connectivity index (χ2v) is 8.77. The maximum absolute atomic E-state index is 12.7. The monoisotopic (exact) mass is 477 g/mol. The molecule has 1 heterocycles. The topological polar surface area (TPSA) is 163 Å². The molecule has 0 aromatic carbocycles. The molecule has 0 aromatic rings. The molecule has 12 heteroatoms. The van der Waals surface area contributed by atoms with Gasteiger partial charge in [0.25, 0.3) is 0 Å². The predicted molar refractivity (Wildman–Crippen MR) is 124 cm³/mol. The molecule has 4 atom stereocenters. The number of hydrogen-bond acceptors (Lipinski definition) is 8. The summed E-state index contributed by atoms with van der Waals surface area (Å²) in [6, 6.07) is -3.21. The molecular formula is C19H35N5O5S2. The van der Waals surface area contributed by atoms with E-state index in [1.807, 2.05) is 6.26 Å². The molecule has 178 valence electrons. The van der Waals surface area contributed by atoms with Gasteiger partial charge in [-0.05, 0) is 63.6 Å². The van der Waals surface area contributed by atoms with Gasteiger partial charge < -0.3 is 32.1 Å². The summed E-state index contributed by atoms with van der Waals surface area (Å²) in [6.45, 7) is 1.20. The maximum atomic E-state index is 12.7. The van der Waals surface area contributed by atoms with Gasteiger partial charge in [0.05, 0.1) is 6.04 Å². The molecule has 0 spiro atoms. The third-order valence-corrected chi connectivity index (χ3v) is 6.01. The van der Waals surface area contributed by atoms with Crippen LogP contribution in [0.15, 0.2) is 0 Å². The van der Waals surface area contributed by atoms with Gasteiger partial charge in [-0.25, -0.2) is 4.79 Å². The molecule has 3 amide bonds. The summed E-state index contributed by atoms with van der Waals surface area (Å²) in [6.07, 6.45) is 5.27. The van der Waals surface area contributed by atoms with E-state index < -0.39 is 35.9 Å². The van der Waals surface area contributed by atoms with Crippen molar-refractivity contribution in [2.45, 2.75) is 62.7 Å². The molecular weight excluding hydrogens is 442 g/mol. The molecule has 1 saturated heterocycles. The van der Waals surface area contributed by atoms with Crippen LogP contribution in [0, 0.1) is 0 Å². The van der Waals surface area contributed by atoms with Crippen molar-refractivity contribution in [2.24, 2.45) is 5.73 Å². The number of carboxylic acid groups (broad SMARTS) is 1. The van der Waals surface area contributed by atoms with Crippen molar-refractivity contribution in [1.82, 2.24) is 21.3 Å². The van der Waals surface area contributed by atoms with Crippen LogP contribution in [0.5, 0.6) is 0 Å². The Balaban J connectivity index is 2.74. The van der Waals surface area contributed by atoms with Gasteiger partial charge in [0, 0.05) is 5.75 Å². The van der Waals surface area contributed by atoms with Crippen molar-refractivity contribution in [3.05, 3.63) is 0 Å². The summed E-state index contributed by atoms with van der Waals surface area (Å²) in [7, 11) is 0. The van der Waals surface area contributed by atoms with Gasteiger partial charge in [0.1, 0.15) is 18.1 Å². The van der Waals surface area contributed by atoms with Crippen LogP contribution >= 0.6 is 24.4 Å². The van der Waals surface area contributed by atoms with Crippen molar-refractivity contribution in [2.75, 3.05) is 30.9 Å². The van der Waals surface area contributed by atoms with Crippen molar-refractivity contribution in [3.63, 3.8) is 0 Å². The van der Waals surface area contributed by atoms with Gasteiger partial charge >= 0.3 is 5.97 Å². The summed E-state index contributed by atoms with van der Waals surface area (Å²) < 4.78 is 0. The highest BCUT2D eigenvalue weighted by Gasteiger charge is 2.30. The van der Waals surface area contributed by atoms with Crippen LogP contribution in [0.25, 0.3) is 0 Å². The van der Waals surface area contributed by atoms with Crippen LogP contribution in [0.2, 0.25) is 0 Å². The molecule has 1 rings (SSSR count). The lowest BCUT2D eigenvalue weighted by Crippen LogP contribution is -2.57. The van der Waals surface area contributed by atoms with Crippen LogP contribution in [0.1, 0.15) is 38.5 Å². The number of carbonyl (C=O) groups is 4. The van der Waals surface area contributed by atoms with Gasteiger partial charge in [-0.1, -0.05) is 0 Å². The Morgan fingerprint density at radius 1 is 1.10 bits per heavy atom.